The first-order valence-corrected chi connectivity index (χ1v) is 8.60. The number of thioether (sulfide) groups is 2. The van der Waals surface area contributed by atoms with Gasteiger partial charge in [0.2, 0.25) is 5.12 Å². The summed E-state index contributed by atoms with van der Waals surface area (Å²) in [5, 5.41) is 0.361. The molecule has 3 fully saturated rings. The van der Waals surface area contributed by atoms with Crippen LogP contribution < -0.4 is 0 Å². The van der Waals surface area contributed by atoms with E-state index in [0.29, 0.717) is 5.12 Å². The molecule has 2 aliphatic carbocycles. The van der Waals surface area contributed by atoms with Crippen LogP contribution >= 0.6 is 23.5 Å². The lowest BCUT2D eigenvalue weighted by atomic mass is 9.76. The fourth-order valence-electron chi connectivity index (χ4n) is 4.59. The topological polar surface area (TPSA) is 17.1 Å². The lowest BCUT2D eigenvalue weighted by molar-refractivity contribution is -0.114. The largest absolute Gasteiger partial charge is 0.286 e. The van der Waals surface area contributed by atoms with Gasteiger partial charge in [0.05, 0.1) is 4.75 Å². The number of hydrogen-bond donors (Lipinski definition) is 0. The Bertz CT molecular complexity index is 709. The Morgan fingerprint density at radius 2 is 1.75 bits per heavy atom. The van der Waals surface area contributed by atoms with Gasteiger partial charge in [-0.1, -0.05) is 66.4 Å². The zero-order valence-electron chi connectivity index (χ0n) is 11.1. The number of carbonyl (C=O) groups is 1. The van der Waals surface area contributed by atoms with Crippen molar-refractivity contribution in [2.24, 2.45) is 10.8 Å². The summed E-state index contributed by atoms with van der Waals surface area (Å²) in [5.41, 5.74) is 1.48. The summed E-state index contributed by atoms with van der Waals surface area (Å²) in [5.74, 6) is 0. The van der Waals surface area contributed by atoms with Gasteiger partial charge in [-0.3, -0.25) is 4.79 Å². The molecule has 1 saturated carbocycles. The Hall–Kier alpha value is -0.930. The van der Waals surface area contributed by atoms with E-state index in [1.807, 2.05) is 11.8 Å². The van der Waals surface area contributed by atoms with Gasteiger partial charge in [0.1, 0.15) is 4.08 Å². The molecule has 20 heavy (non-hydrogen) atoms. The van der Waals surface area contributed by atoms with Crippen molar-refractivity contribution in [2.45, 2.75) is 22.2 Å². The van der Waals surface area contributed by atoms with E-state index in [0.717, 1.165) is 6.42 Å². The standard InChI is InChI=1S/C17H14OS2/c1-14-13(18)19-17(20-14,12-7-3-2-4-8-12)16-10-6-5-9-15(14,16)11-16/h2-10H,11H2,1H3. The maximum atomic E-state index is 12.7. The number of fused-ring (bicyclic) bond motifs is 2. The molecule has 0 N–H and O–H groups in total. The van der Waals surface area contributed by atoms with Gasteiger partial charge in [-0.05, 0) is 18.9 Å². The van der Waals surface area contributed by atoms with Crippen LogP contribution in [0.3, 0.4) is 0 Å². The van der Waals surface area contributed by atoms with Crippen LogP contribution in [0.15, 0.2) is 54.6 Å². The average molecular weight is 298 g/mol. The minimum Gasteiger partial charge on any atom is -0.286 e. The van der Waals surface area contributed by atoms with Crippen LogP contribution in [0, 0.1) is 10.8 Å². The maximum Gasteiger partial charge on any atom is 0.207 e. The molecule has 2 saturated heterocycles. The van der Waals surface area contributed by atoms with Gasteiger partial charge in [-0.25, -0.2) is 0 Å². The zero-order valence-corrected chi connectivity index (χ0v) is 12.8. The molecule has 3 heteroatoms. The van der Waals surface area contributed by atoms with E-state index in [-0.39, 0.29) is 19.7 Å². The van der Waals surface area contributed by atoms with Gasteiger partial charge in [0.15, 0.2) is 0 Å². The van der Waals surface area contributed by atoms with Gasteiger partial charge in [0, 0.05) is 10.8 Å². The van der Waals surface area contributed by atoms with Gasteiger partial charge in [0.25, 0.3) is 0 Å². The minimum atomic E-state index is -0.269. The first kappa shape index (κ1) is 11.7. The smallest absolute Gasteiger partial charge is 0.207 e. The fraction of sp³-hybridized carbons (Fsp3) is 0.353. The summed E-state index contributed by atoms with van der Waals surface area (Å²) in [6.45, 7) is 2.16. The molecule has 100 valence electrons. The summed E-state index contributed by atoms with van der Waals surface area (Å²) < 4.78 is -0.393. The molecule has 1 aromatic carbocycles. The molecule has 2 aliphatic heterocycles. The van der Waals surface area contributed by atoms with Gasteiger partial charge >= 0.3 is 0 Å². The van der Waals surface area contributed by atoms with Crippen molar-refractivity contribution < 1.29 is 4.79 Å². The predicted molar refractivity (Wildman–Crippen MR) is 84.5 cm³/mol. The van der Waals surface area contributed by atoms with Crippen LogP contribution in [-0.4, -0.2) is 9.86 Å². The third-order valence-electron chi connectivity index (χ3n) is 5.67. The molecule has 4 aliphatic rings. The Morgan fingerprint density at radius 1 is 1.05 bits per heavy atom. The highest BCUT2D eigenvalue weighted by Crippen LogP contribution is 2.95. The van der Waals surface area contributed by atoms with E-state index >= 15 is 0 Å². The van der Waals surface area contributed by atoms with Crippen LogP contribution in [0.25, 0.3) is 0 Å². The first-order valence-electron chi connectivity index (χ1n) is 6.97. The first-order chi connectivity index (χ1) is 9.60. The number of allylic oxidation sites excluding steroid dienone is 4. The third kappa shape index (κ3) is 0.898. The average Bonchev–Trinajstić information content (AvgIpc) is 3.07. The Morgan fingerprint density at radius 3 is 2.50 bits per heavy atom. The second kappa shape index (κ2) is 3.12. The molecule has 0 amide bonds. The van der Waals surface area contributed by atoms with Crippen molar-refractivity contribution >= 4 is 28.6 Å². The summed E-state index contributed by atoms with van der Waals surface area (Å²) in [6, 6.07) is 10.6. The van der Waals surface area contributed by atoms with Gasteiger partial charge in [-0.15, -0.1) is 11.8 Å². The Kier molecular flexibility index (Phi) is 1.83. The molecule has 0 spiro atoms. The second-order valence-electron chi connectivity index (χ2n) is 6.35. The van der Waals surface area contributed by atoms with E-state index in [2.05, 4.69) is 61.6 Å². The molecule has 2 heterocycles. The fourth-order valence-corrected chi connectivity index (χ4v) is 9.05. The van der Waals surface area contributed by atoms with E-state index in [4.69, 9.17) is 0 Å². The van der Waals surface area contributed by atoms with E-state index in [1.54, 1.807) is 11.8 Å². The van der Waals surface area contributed by atoms with Crippen LogP contribution in [-0.2, 0) is 8.87 Å². The molecule has 2 bridgehead atoms. The SMILES string of the molecule is CC12SC(c3ccccc3)(SC1=O)C13C=CC=CC21C3. The van der Waals surface area contributed by atoms with Crippen molar-refractivity contribution in [3.8, 4) is 0 Å². The molecule has 0 radical (unpaired) electrons. The number of carbonyl (C=O) groups excluding carboxylic acids is 1. The highest BCUT2D eigenvalue weighted by Gasteiger charge is 2.92. The van der Waals surface area contributed by atoms with E-state index < -0.39 is 0 Å². The highest BCUT2D eigenvalue weighted by molar-refractivity contribution is 8.31. The van der Waals surface area contributed by atoms with Crippen LogP contribution in [0.1, 0.15) is 18.9 Å². The van der Waals surface area contributed by atoms with Gasteiger partial charge in [-0.2, -0.15) is 0 Å². The van der Waals surface area contributed by atoms with E-state index in [9.17, 15) is 4.79 Å². The van der Waals surface area contributed by atoms with Crippen molar-refractivity contribution in [3.63, 3.8) is 0 Å². The second-order valence-corrected chi connectivity index (χ2v) is 9.42. The summed E-state index contributed by atoms with van der Waals surface area (Å²) in [6.07, 6.45) is 10.1. The van der Waals surface area contributed by atoms with Crippen LogP contribution in [0.2, 0.25) is 0 Å². The van der Waals surface area contributed by atoms with Crippen LogP contribution in [0.4, 0.5) is 0 Å². The van der Waals surface area contributed by atoms with Crippen molar-refractivity contribution in [2.75, 3.05) is 0 Å². The van der Waals surface area contributed by atoms with Gasteiger partial charge < -0.3 is 0 Å². The lowest BCUT2D eigenvalue weighted by Crippen LogP contribution is -2.40. The Balaban J connectivity index is 1.82. The monoisotopic (exact) mass is 298 g/mol. The lowest BCUT2D eigenvalue weighted by Gasteiger charge is -2.36. The molecule has 4 unspecified atom stereocenters. The van der Waals surface area contributed by atoms with E-state index in [1.165, 1.54) is 5.56 Å². The predicted octanol–water partition coefficient (Wildman–Crippen LogP) is 4.12. The molecular formula is C17H14OS2. The normalized spacial score (nSPS) is 50.1. The van der Waals surface area contributed by atoms with Crippen molar-refractivity contribution in [1.29, 1.82) is 0 Å². The number of benzene rings is 1. The summed E-state index contributed by atoms with van der Waals surface area (Å²) in [7, 11) is 0. The number of rotatable bonds is 1. The Labute approximate surface area is 126 Å². The molecule has 5 rings (SSSR count). The molecule has 1 nitrogen and oxygen atoms in total. The molecule has 1 aromatic rings. The van der Waals surface area contributed by atoms with Crippen molar-refractivity contribution in [1.82, 2.24) is 0 Å². The highest BCUT2D eigenvalue weighted by atomic mass is 32.2. The minimum absolute atomic E-state index is 0.0532. The zero-order chi connectivity index (χ0) is 13.6. The third-order valence-corrected chi connectivity index (χ3v) is 9.62. The van der Waals surface area contributed by atoms with Crippen LogP contribution in [0.5, 0.6) is 0 Å². The summed E-state index contributed by atoms with van der Waals surface area (Å²) in [4.78, 5) is 12.7. The molecule has 4 atom stereocenters. The summed E-state index contributed by atoms with van der Waals surface area (Å²) >= 11 is 3.47. The van der Waals surface area contributed by atoms with Crippen molar-refractivity contribution in [3.05, 3.63) is 60.2 Å². The quantitative estimate of drug-likeness (QED) is 0.776. The molecule has 0 aromatic heterocycles. The number of hydrogen-bond acceptors (Lipinski definition) is 3. The molecular weight excluding hydrogens is 284 g/mol. The maximum absolute atomic E-state index is 12.7.